The van der Waals surface area contributed by atoms with Gasteiger partial charge < -0.3 is 0 Å². The number of hydrogen-bond donors (Lipinski definition) is 2. The van der Waals surface area contributed by atoms with Gasteiger partial charge in [-0.1, -0.05) is 41.7 Å². The molecular formula is C15H20N4O3S3. The maximum Gasteiger partial charge on any atom is 0.244 e. The van der Waals surface area contributed by atoms with Gasteiger partial charge in [0.15, 0.2) is 0 Å². The lowest BCUT2D eigenvalue weighted by Gasteiger charge is -2.16. The summed E-state index contributed by atoms with van der Waals surface area (Å²) in [6, 6.07) is 8.68. The second-order valence-electron chi connectivity index (χ2n) is 5.12. The first kappa shape index (κ1) is 19.8. The molecule has 25 heavy (non-hydrogen) atoms. The molecule has 0 radical (unpaired) electrons. The molecule has 10 heteroatoms. The molecule has 2 N–H and O–H groups in total. The highest BCUT2D eigenvalue weighted by Gasteiger charge is 2.24. The van der Waals surface area contributed by atoms with E-state index in [-0.39, 0.29) is 5.75 Å². The molecule has 0 bridgehead atoms. The molecule has 0 aliphatic carbocycles. The lowest BCUT2D eigenvalue weighted by molar-refractivity contribution is -0.117. The second-order valence-corrected chi connectivity index (χ2v) is 9.13. The van der Waals surface area contributed by atoms with Crippen molar-refractivity contribution in [3.8, 4) is 10.6 Å². The van der Waals surface area contributed by atoms with Crippen LogP contribution in [-0.2, 0) is 14.8 Å². The van der Waals surface area contributed by atoms with Gasteiger partial charge in [-0.2, -0.15) is 11.8 Å². The third-order valence-electron chi connectivity index (χ3n) is 3.30. The molecule has 1 unspecified atom stereocenters. The van der Waals surface area contributed by atoms with E-state index in [0.29, 0.717) is 22.3 Å². The molecular weight excluding hydrogens is 380 g/mol. The van der Waals surface area contributed by atoms with Gasteiger partial charge in [-0.3, -0.25) is 10.1 Å². The van der Waals surface area contributed by atoms with Crippen LogP contribution in [0.5, 0.6) is 0 Å². The van der Waals surface area contributed by atoms with Crippen LogP contribution in [0.2, 0.25) is 0 Å². The smallest absolute Gasteiger partial charge is 0.244 e. The number of benzene rings is 1. The molecule has 1 aromatic carbocycles. The van der Waals surface area contributed by atoms with Crippen molar-refractivity contribution in [1.29, 1.82) is 0 Å². The Morgan fingerprint density at radius 1 is 1.28 bits per heavy atom. The van der Waals surface area contributed by atoms with Gasteiger partial charge in [-0.25, -0.2) is 13.1 Å². The number of anilines is 1. The van der Waals surface area contributed by atoms with Gasteiger partial charge in [0.25, 0.3) is 0 Å². The molecule has 0 aliphatic heterocycles. The normalized spacial score (nSPS) is 12.7. The molecule has 1 aromatic heterocycles. The summed E-state index contributed by atoms with van der Waals surface area (Å²) >= 11 is 2.79. The topological polar surface area (TPSA) is 101 Å². The van der Waals surface area contributed by atoms with Crippen molar-refractivity contribution in [2.24, 2.45) is 0 Å². The highest BCUT2D eigenvalue weighted by atomic mass is 32.2. The molecule has 2 rings (SSSR count). The van der Waals surface area contributed by atoms with Crippen LogP contribution in [0.4, 0.5) is 5.13 Å². The zero-order valence-electron chi connectivity index (χ0n) is 13.9. The van der Waals surface area contributed by atoms with Crippen LogP contribution < -0.4 is 10.0 Å². The van der Waals surface area contributed by atoms with E-state index in [1.165, 1.54) is 18.3 Å². The van der Waals surface area contributed by atoms with E-state index in [1.54, 1.807) is 11.8 Å². The van der Waals surface area contributed by atoms with Crippen molar-refractivity contribution in [3.05, 3.63) is 30.3 Å². The van der Waals surface area contributed by atoms with Crippen LogP contribution in [0.15, 0.2) is 30.3 Å². The summed E-state index contributed by atoms with van der Waals surface area (Å²) in [5.74, 6) is 0.157. The fourth-order valence-electron chi connectivity index (χ4n) is 1.94. The Kier molecular flexibility index (Phi) is 7.36. The third-order valence-corrected chi connectivity index (χ3v) is 6.24. The van der Waals surface area contributed by atoms with E-state index in [4.69, 9.17) is 0 Å². The summed E-state index contributed by atoms with van der Waals surface area (Å²) in [5.41, 5.74) is 0.908. The zero-order chi connectivity index (χ0) is 18.3. The molecule has 0 saturated heterocycles. The first-order valence-electron chi connectivity index (χ1n) is 7.64. The Balaban J connectivity index is 2.08. The molecule has 1 heterocycles. The summed E-state index contributed by atoms with van der Waals surface area (Å²) in [6.45, 7) is 1.53. The predicted molar refractivity (Wildman–Crippen MR) is 103 cm³/mol. The fraction of sp³-hybridized carbons (Fsp3) is 0.400. The van der Waals surface area contributed by atoms with Crippen LogP contribution in [-0.4, -0.2) is 48.3 Å². The number of hydrogen-bond acceptors (Lipinski definition) is 7. The molecule has 0 fully saturated rings. The number of carbonyl (C=O) groups excluding carboxylic acids is 1. The minimum atomic E-state index is -3.48. The molecule has 7 nitrogen and oxygen atoms in total. The fourth-order valence-corrected chi connectivity index (χ4v) is 3.99. The number of carbonyl (C=O) groups is 1. The summed E-state index contributed by atoms with van der Waals surface area (Å²) in [4.78, 5) is 12.4. The largest absolute Gasteiger partial charge is 0.299 e. The van der Waals surface area contributed by atoms with Gasteiger partial charge in [-0.05, 0) is 25.4 Å². The lowest BCUT2D eigenvalue weighted by atomic mass is 10.2. The maximum atomic E-state index is 12.4. The first-order chi connectivity index (χ1) is 11.9. The van der Waals surface area contributed by atoms with Gasteiger partial charge in [0, 0.05) is 5.56 Å². The number of rotatable bonds is 9. The predicted octanol–water partition coefficient (Wildman–Crippen LogP) is 2.20. The Bertz CT molecular complexity index is 793. The number of nitrogens with zero attached hydrogens (tertiary/aromatic N) is 2. The monoisotopic (exact) mass is 400 g/mol. The average Bonchev–Trinajstić information content (AvgIpc) is 3.07. The molecule has 0 saturated carbocycles. The number of aromatic nitrogens is 2. The van der Waals surface area contributed by atoms with Crippen LogP contribution in [0, 0.1) is 0 Å². The van der Waals surface area contributed by atoms with Crippen molar-refractivity contribution in [1.82, 2.24) is 14.9 Å². The molecule has 1 amide bonds. The van der Waals surface area contributed by atoms with Gasteiger partial charge in [0.05, 0.1) is 5.75 Å². The molecule has 0 aliphatic rings. The van der Waals surface area contributed by atoms with Crippen LogP contribution in [0.25, 0.3) is 10.6 Å². The van der Waals surface area contributed by atoms with Gasteiger partial charge >= 0.3 is 0 Å². The molecule has 2 aromatic rings. The first-order valence-corrected chi connectivity index (χ1v) is 11.5. The Labute approximate surface area is 155 Å². The quantitative estimate of drug-likeness (QED) is 0.669. The van der Waals surface area contributed by atoms with Crippen molar-refractivity contribution in [2.75, 3.05) is 23.1 Å². The summed E-state index contributed by atoms with van der Waals surface area (Å²) in [7, 11) is -3.48. The third kappa shape index (κ3) is 6.07. The zero-order valence-corrected chi connectivity index (χ0v) is 16.4. The standard InChI is InChI=1S/C15H20N4O3S3/c1-3-25(21,22)19-12(9-10-23-2)13(20)16-15-18-17-14(24-15)11-7-5-4-6-8-11/h4-8,12,19H,3,9-10H2,1-2H3,(H,16,18,20). The molecule has 1 atom stereocenters. The van der Waals surface area contributed by atoms with E-state index in [9.17, 15) is 13.2 Å². The Hall–Kier alpha value is -1.49. The second kappa shape index (κ2) is 9.27. The highest BCUT2D eigenvalue weighted by molar-refractivity contribution is 7.98. The van der Waals surface area contributed by atoms with Gasteiger partial charge in [-0.15, -0.1) is 10.2 Å². The van der Waals surface area contributed by atoms with Crippen LogP contribution in [0.3, 0.4) is 0 Å². The van der Waals surface area contributed by atoms with E-state index < -0.39 is 22.0 Å². The average molecular weight is 401 g/mol. The number of thioether (sulfide) groups is 1. The van der Waals surface area contributed by atoms with E-state index >= 15 is 0 Å². The van der Waals surface area contributed by atoms with Crippen molar-refractivity contribution >= 4 is 44.2 Å². The van der Waals surface area contributed by atoms with Gasteiger partial charge in [0.2, 0.25) is 21.1 Å². The van der Waals surface area contributed by atoms with Crippen LogP contribution >= 0.6 is 23.1 Å². The summed E-state index contributed by atoms with van der Waals surface area (Å²) < 4.78 is 26.0. The minimum Gasteiger partial charge on any atom is -0.299 e. The maximum absolute atomic E-state index is 12.4. The van der Waals surface area contributed by atoms with Crippen molar-refractivity contribution in [2.45, 2.75) is 19.4 Å². The van der Waals surface area contributed by atoms with Gasteiger partial charge in [0.1, 0.15) is 11.0 Å². The van der Waals surface area contributed by atoms with E-state index in [1.807, 2.05) is 36.6 Å². The highest BCUT2D eigenvalue weighted by Crippen LogP contribution is 2.26. The Morgan fingerprint density at radius 3 is 2.64 bits per heavy atom. The van der Waals surface area contributed by atoms with E-state index in [0.717, 1.165) is 5.56 Å². The lowest BCUT2D eigenvalue weighted by Crippen LogP contribution is -2.44. The number of sulfonamides is 1. The number of amides is 1. The summed E-state index contributed by atoms with van der Waals surface area (Å²) in [5, 5.41) is 11.7. The number of nitrogens with one attached hydrogen (secondary N) is 2. The SMILES string of the molecule is CCS(=O)(=O)NC(CCSC)C(=O)Nc1nnc(-c2ccccc2)s1. The summed E-state index contributed by atoms with van der Waals surface area (Å²) in [6.07, 6.45) is 2.30. The minimum absolute atomic E-state index is 0.0764. The van der Waals surface area contributed by atoms with E-state index in [2.05, 4.69) is 20.2 Å². The van der Waals surface area contributed by atoms with Crippen molar-refractivity contribution in [3.63, 3.8) is 0 Å². The Morgan fingerprint density at radius 2 is 2.00 bits per heavy atom. The molecule has 136 valence electrons. The van der Waals surface area contributed by atoms with Crippen LogP contribution in [0.1, 0.15) is 13.3 Å². The molecule has 0 spiro atoms. The van der Waals surface area contributed by atoms with Crippen molar-refractivity contribution < 1.29 is 13.2 Å².